The first-order valence-electron chi connectivity index (χ1n) is 15.7. The van der Waals surface area contributed by atoms with Crippen LogP contribution in [0.25, 0.3) is 0 Å². The Labute approximate surface area is 361 Å². The number of carboxylic acid groups (broad SMARTS) is 2. The number of fused-ring (bicyclic) bond motifs is 1. The van der Waals surface area contributed by atoms with Gasteiger partial charge in [0.15, 0.2) is 0 Å². The number of carbonyl (C=O) groups is 6. The zero-order valence-electron chi connectivity index (χ0n) is 30.0. The Bertz CT molecular complexity index is 1800. The smallest absolute Gasteiger partial charge is 0.548 e. The van der Waals surface area contributed by atoms with Gasteiger partial charge in [-0.05, 0) is 63.1 Å². The van der Waals surface area contributed by atoms with Crippen LogP contribution >= 0.6 is 23.5 Å². The first-order valence-corrected chi connectivity index (χ1v) is 17.5. The van der Waals surface area contributed by atoms with E-state index in [-0.39, 0.29) is 82.7 Å². The Hall–Kier alpha value is -3.08. The fourth-order valence-corrected chi connectivity index (χ4v) is 9.29. The van der Waals surface area contributed by atoms with Crippen LogP contribution in [0.2, 0.25) is 0 Å². The summed E-state index contributed by atoms with van der Waals surface area (Å²) in [7, 11) is 0. The number of aromatic hydroxyl groups is 1. The Kier molecular flexibility index (Phi) is 14.9. The van der Waals surface area contributed by atoms with E-state index in [9.17, 15) is 54.2 Å². The molecule has 278 valence electrons. The van der Waals surface area contributed by atoms with E-state index in [0.717, 1.165) is 28.4 Å². The molecule has 22 heteroatoms. The van der Waals surface area contributed by atoms with Crippen molar-refractivity contribution in [1.29, 1.82) is 0 Å². The number of amides is 4. The van der Waals surface area contributed by atoms with E-state index in [4.69, 9.17) is 4.74 Å². The number of carbonyl (C=O) groups excluding carboxylic acids is 6. The minimum absolute atomic E-state index is 0. The fraction of sp³-hybridized carbons (Fsp3) is 0.438. The van der Waals surface area contributed by atoms with Gasteiger partial charge >= 0.3 is 65.2 Å². The molecule has 2 aromatic carbocycles. The molecule has 1 unspecified atom stereocenters. The van der Waals surface area contributed by atoms with Crippen molar-refractivity contribution in [3.05, 3.63) is 69.8 Å². The third-order valence-corrected chi connectivity index (χ3v) is 11.9. The number of nitrogens with zero attached hydrogens (tertiary/aromatic N) is 2. The average molecular weight is 805 g/mol. The standard InChI is InChI=1S/C32H36N6O12S2.2Na/c1-31(2)21(28(43)44)36-25(51-31)19(24(41)34-20-26(42)37-22(29(45)46)32(3,4)52-27(20)37)33-23(40)18(15-7-11-17(39)12-8-15)35-30(47)50-13-14-5-9-16(10-6-14)38(48)49;;/h5-12,18-22,25,27,36,39H,13H2,1-4H3,(H,33,40)(H,34,41)(H,35,47)(H,43,44)(H,45,46);;/q;2*+1/p-2/t18?,19-,20-,21+,22+,25-,27-;;/m1../s1. The third-order valence-electron chi connectivity index (χ3n) is 8.81. The molecule has 0 spiro atoms. The van der Waals surface area contributed by atoms with Crippen LogP contribution in [-0.4, -0.2) is 95.1 Å². The van der Waals surface area contributed by atoms with Crippen LogP contribution in [0.5, 0.6) is 5.75 Å². The molecular weight excluding hydrogens is 770 g/mol. The van der Waals surface area contributed by atoms with Gasteiger partial charge in [0.25, 0.3) is 5.69 Å². The number of ether oxygens (including phenoxy) is 1. The second-order valence-electron chi connectivity index (χ2n) is 13.3. The van der Waals surface area contributed by atoms with Crippen LogP contribution in [0.3, 0.4) is 0 Å². The molecule has 5 N–H and O–H groups in total. The van der Waals surface area contributed by atoms with Crippen molar-refractivity contribution in [1.82, 2.24) is 26.2 Å². The summed E-state index contributed by atoms with van der Waals surface area (Å²) in [5.41, 5.74) is 0.368. The van der Waals surface area contributed by atoms with Gasteiger partial charge in [-0.2, -0.15) is 0 Å². The molecule has 0 saturated carbocycles. The maximum absolute atomic E-state index is 14.0. The molecule has 54 heavy (non-hydrogen) atoms. The van der Waals surface area contributed by atoms with Crippen LogP contribution in [0, 0.1) is 10.1 Å². The van der Waals surface area contributed by atoms with Gasteiger partial charge in [-0.1, -0.05) is 12.1 Å². The summed E-state index contributed by atoms with van der Waals surface area (Å²) in [6, 6.07) is 3.52. The Morgan fingerprint density at radius 2 is 1.54 bits per heavy atom. The maximum atomic E-state index is 14.0. The van der Waals surface area contributed by atoms with E-state index in [1.165, 1.54) is 48.5 Å². The summed E-state index contributed by atoms with van der Waals surface area (Å²) < 4.78 is 3.25. The largest absolute Gasteiger partial charge is 1.00 e. The van der Waals surface area contributed by atoms with E-state index in [1.54, 1.807) is 27.7 Å². The number of thioether (sulfide) groups is 2. The molecule has 3 fully saturated rings. The number of phenolic OH excluding ortho intramolecular Hbond substituents is 1. The van der Waals surface area contributed by atoms with E-state index in [2.05, 4.69) is 21.3 Å². The molecule has 7 atom stereocenters. The SMILES string of the molecule is CC1(C)S[C@@H]2[C@H](NC(=O)[C@@H](NC(=O)C(NC(=O)OCc3ccc([N+](=O)[O-])cc3)c3ccc(O)cc3)[C@@H]3N[C@@H](C(=O)[O-])C(C)(C)S3)C(=O)N2[C@H]1C(=O)[O-].[Na+].[Na+]. The summed E-state index contributed by atoms with van der Waals surface area (Å²) in [5, 5.41) is 53.1. The van der Waals surface area contributed by atoms with Crippen LogP contribution in [0.4, 0.5) is 10.5 Å². The number of carboxylic acids is 2. The Balaban J connectivity index is 0.00000392. The van der Waals surface area contributed by atoms with Crippen LogP contribution in [0.1, 0.15) is 44.9 Å². The first kappa shape index (κ1) is 45.3. The molecule has 3 heterocycles. The monoisotopic (exact) mass is 804 g/mol. The molecule has 2 aromatic rings. The summed E-state index contributed by atoms with van der Waals surface area (Å²) in [6.07, 6.45) is -1.09. The number of non-ortho nitro benzene ring substituents is 1. The van der Waals surface area contributed by atoms with E-state index >= 15 is 0 Å². The molecule has 18 nitrogen and oxygen atoms in total. The Morgan fingerprint density at radius 3 is 2.07 bits per heavy atom. The molecule has 5 rings (SSSR count). The molecule has 0 aromatic heterocycles. The summed E-state index contributed by atoms with van der Waals surface area (Å²) >= 11 is 2.16. The van der Waals surface area contributed by atoms with Crippen molar-refractivity contribution < 1.29 is 113 Å². The Morgan fingerprint density at radius 1 is 0.926 bits per heavy atom. The van der Waals surface area contributed by atoms with Gasteiger partial charge in [-0.3, -0.25) is 29.8 Å². The molecule has 0 radical (unpaired) electrons. The summed E-state index contributed by atoms with van der Waals surface area (Å²) in [5.74, 6) is -5.64. The van der Waals surface area contributed by atoms with Gasteiger partial charge in [0, 0.05) is 21.6 Å². The fourth-order valence-electron chi connectivity index (χ4n) is 6.18. The molecule has 3 aliphatic heterocycles. The zero-order chi connectivity index (χ0) is 38.3. The predicted molar refractivity (Wildman–Crippen MR) is 180 cm³/mol. The van der Waals surface area contributed by atoms with Gasteiger partial charge in [0.05, 0.1) is 34.3 Å². The number of alkyl carbamates (subject to hydrolysis) is 1. The van der Waals surface area contributed by atoms with Crippen molar-refractivity contribution in [2.45, 2.75) is 84.8 Å². The van der Waals surface area contributed by atoms with Crippen LogP contribution in [-0.2, 0) is 35.3 Å². The molecule has 0 aliphatic carbocycles. The number of aliphatic carboxylic acids is 2. The van der Waals surface area contributed by atoms with E-state index < -0.39 is 91.1 Å². The van der Waals surface area contributed by atoms with Gasteiger partial charge in [-0.15, -0.1) is 23.5 Å². The number of phenols is 1. The normalized spacial score (nSPS) is 24.2. The van der Waals surface area contributed by atoms with E-state index in [0.29, 0.717) is 5.56 Å². The zero-order valence-corrected chi connectivity index (χ0v) is 35.6. The first-order chi connectivity index (χ1) is 24.3. The minimum atomic E-state index is -1.57. The van der Waals surface area contributed by atoms with Gasteiger partial charge < -0.3 is 50.5 Å². The quantitative estimate of drug-likeness (QED) is 0.0577. The van der Waals surface area contributed by atoms with Crippen molar-refractivity contribution in [3.8, 4) is 5.75 Å². The minimum Gasteiger partial charge on any atom is -0.548 e. The number of nitrogens with one attached hydrogen (secondary N) is 4. The molecule has 4 amide bonds. The van der Waals surface area contributed by atoms with Crippen molar-refractivity contribution in [2.75, 3.05) is 0 Å². The topological polar surface area (TPSA) is 272 Å². The summed E-state index contributed by atoms with van der Waals surface area (Å²) in [4.78, 5) is 89.4. The average Bonchev–Trinajstić information content (AvgIpc) is 3.54. The second kappa shape index (κ2) is 17.8. The van der Waals surface area contributed by atoms with Gasteiger partial charge in [-0.25, -0.2) is 4.79 Å². The maximum Gasteiger partial charge on any atom is 1.00 e. The number of nitro benzene ring substituents is 1. The predicted octanol–water partition coefficient (Wildman–Crippen LogP) is -7.38. The van der Waals surface area contributed by atoms with Gasteiger partial charge in [0.1, 0.15) is 35.9 Å². The second-order valence-corrected chi connectivity index (χ2v) is 16.8. The number of hydrogen-bond acceptors (Lipinski definition) is 15. The number of β-lactam (4-membered cyclic amide) rings is 1. The molecule has 0 bridgehead atoms. The van der Waals surface area contributed by atoms with Crippen molar-refractivity contribution in [3.63, 3.8) is 0 Å². The number of nitro groups is 1. The third kappa shape index (κ3) is 9.65. The van der Waals surface area contributed by atoms with Crippen LogP contribution in [0.15, 0.2) is 48.5 Å². The molecule has 3 aliphatic rings. The summed E-state index contributed by atoms with van der Waals surface area (Å²) in [6.45, 7) is 6.10. The molecular formula is C32H34N6Na2O12S2. The number of rotatable bonds is 12. The van der Waals surface area contributed by atoms with Crippen molar-refractivity contribution in [2.24, 2.45) is 0 Å². The van der Waals surface area contributed by atoms with E-state index in [1.807, 2.05) is 0 Å². The number of benzene rings is 2. The van der Waals surface area contributed by atoms with Gasteiger partial charge in [0.2, 0.25) is 17.7 Å². The van der Waals surface area contributed by atoms with Crippen molar-refractivity contribution >= 4 is 65.0 Å². The molecule has 3 saturated heterocycles. The van der Waals surface area contributed by atoms with Crippen LogP contribution < -0.4 is 90.6 Å². The number of hydrogen-bond donors (Lipinski definition) is 5.